The first kappa shape index (κ1) is 29.0. The van der Waals surface area contributed by atoms with Crippen molar-refractivity contribution in [1.29, 1.82) is 0 Å². The number of halogens is 1. The van der Waals surface area contributed by atoms with Gasteiger partial charge in [0.2, 0.25) is 5.89 Å². The zero-order chi connectivity index (χ0) is 32.7. The SMILES string of the molecule is Clc1ccc2ccc3ccc4nc(-c5ccc(-c6ccc(-c7ccc(Nc8ccc(-c9ccccc9)cc8)cc7)cc6)cc5)oc4c3c2c1. The number of benzene rings is 8. The Morgan fingerprint density at radius 3 is 1.51 bits per heavy atom. The van der Waals surface area contributed by atoms with Crippen molar-refractivity contribution in [2.75, 3.05) is 5.32 Å². The minimum Gasteiger partial charge on any atom is -0.435 e. The molecule has 0 fully saturated rings. The fourth-order valence-electron chi connectivity index (χ4n) is 6.57. The Morgan fingerprint density at radius 2 is 0.918 bits per heavy atom. The van der Waals surface area contributed by atoms with E-state index < -0.39 is 0 Å². The lowest BCUT2D eigenvalue weighted by molar-refractivity contribution is 0.623. The molecule has 0 aliphatic rings. The van der Waals surface area contributed by atoms with Crippen LogP contribution in [0.5, 0.6) is 0 Å². The van der Waals surface area contributed by atoms with Crippen LogP contribution in [0, 0.1) is 0 Å². The third-order valence-electron chi connectivity index (χ3n) is 9.17. The van der Waals surface area contributed by atoms with Gasteiger partial charge >= 0.3 is 0 Å². The van der Waals surface area contributed by atoms with Crippen LogP contribution in [-0.2, 0) is 0 Å². The van der Waals surface area contributed by atoms with Crippen molar-refractivity contribution in [1.82, 2.24) is 4.98 Å². The predicted octanol–water partition coefficient (Wildman–Crippen LogP) is 13.2. The van der Waals surface area contributed by atoms with Crippen molar-refractivity contribution >= 4 is 55.6 Å². The number of oxazole rings is 1. The van der Waals surface area contributed by atoms with Crippen molar-refractivity contribution < 1.29 is 4.42 Å². The highest BCUT2D eigenvalue weighted by molar-refractivity contribution is 6.32. The molecule has 49 heavy (non-hydrogen) atoms. The Morgan fingerprint density at radius 1 is 0.449 bits per heavy atom. The van der Waals surface area contributed by atoms with Gasteiger partial charge in [-0.2, -0.15) is 0 Å². The molecular weight excluding hydrogens is 620 g/mol. The van der Waals surface area contributed by atoms with Crippen LogP contribution in [0.1, 0.15) is 0 Å². The third-order valence-corrected chi connectivity index (χ3v) is 9.40. The van der Waals surface area contributed by atoms with Gasteiger partial charge in [-0.3, -0.25) is 0 Å². The number of hydrogen-bond acceptors (Lipinski definition) is 3. The molecule has 3 nitrogen and oxygen atoms in total. The molecule has 0 saturated carbocycles. The Balaban J connectivity index is 0.913. The predicted molar refractivity (Wildman–Crippen MR) is 205 cm³/mol. The van der Waals surface area contributed by atoms with E-state index >= 15 is 0 Å². The summed E-state index contributed by atoms with van der Waals surface area (Å²) >= 11 is 6.38. The second-order valence-corrected chi connectivity index (χ2v) is 12.7. The molecule has 1 N–H and O–H groups in total. The van der Waals surface area contributed by atoms with Gasteiger partial charge in [-0.15, -0.1) is 0 Å². The van der Waals surface area contributed by atoms with Crippen LogP contribution in [-0.4, -0.2) is 4.98 Å². The van der Waals surface area contributed by atoms with Gasteiger partial charge in [0.05, 0.1) is 0 Å². The van der Waals surface area contributed by atoms with Gasteiger partial charge in [-0.05, 0) is 104 Å². The summed E-state index contributed by atoms with van der Waals surface area (Å²) in [5.74, 6) is 0.602. The largest absolute Gasteiger partial charge is 0.435 e. The Bertz CT molecular complexity index is 2590. The van der Waals surface area contributed by atoms with Crippen molar-refractivity contribution in [3.63, 3.8) is 0 Å². The van der Waals surface area contributed by atoms with E-state index in [0.717, 1.165) is 60.7 Å². The van der Waals surface area contributed by atoms with E-state index in [9.17, 15) is 0 Å². The van der Waals surface area contributed by atoms with E-state index in [1.165, 1.54) is 22.3 Å². The molecule has 4 heteroatoms. The highest BCUT2D eigenvalue weighted by atomic mass is 35.5. The summed E-state index contributed by atoms with van der Waals surface area (Å²) in [5.41, 5.74) is 11.7. The van der Waals surface area contributed by atoms with Gasteiger partial charge in [0.1, 0.15) is 5.52 Å². The number of nitrogens with one attached hydrogen (secondary N) is 1. The summed E-state index contributed by atoms with van der Waals surface area (Å²) in [6, 6.07) is 58.9. The molecule has 0 unspecified atom stereocenters. The van der Waals surface area contributed by atoms with Crippen LogP contribution in [0.3, 0.4) is 0 Å². The number of nitrogens with zero attached hydrogens (tertiary/aromatic N) is 1. The monoisotopic (exact) mass is 648 g/mol. The summed E-state index contributed by atoms with van der Waals surface area (Å²) in [7, 11) is 0. The van der Waals surface area contributed by atoms with Gasteiger partial charge in [-0.25, -0.2) is 4.98 Å². The maximum absolute atomic E-state index is 6.43. The summed E-state index contributed by atoms with van der Waals surface area (Å²) in [6.45, 7) is 0. The van der Waals surface area contributed by atoms with Crippen LogP contribution in [0.2, 0.25) is 5.02 Å². The van der Waals surface area contributed by atoms with Gasteiger partial charge in [0.15, 0.2) is 5.58 Å². The Kier molecular flexibility index (Phi) is 7.18. The molecule has 0 atom stereocenters. The molecule has 0 spiro atoms. The second kappa shape index (κ2) is 12.1. The van der Waals surface area contributed by atoms with Crippen LogP contribution in [0.4, 0.5) is 11.4 Å². The molecule has 0 amide bonds. The Labute approximate surface area is 289 Å². The van der Waals surface area contributed by atoms with Gasteiger partial charge < -0.3 is 9.73 Å². The smallest absolute Gasteiger partial charge is 0.227 e. The zero-order valence-corrected chi connectivity index (χ0v) is 27.2. The third kappa shape index (κ3) is 5.61. The fraction of sp³-hybridized carbons (Fsp3) is 0. The molecule has 0 aliphatic heterocycles. The lowest BCUT2D eigenvalue weighted by Crippen LogP contribution is -1.90. The van der Waals surface area contributed by atoms with Crippen molar-refractivity contribution in [3.05, 3.63) is 175 Å². The molecule has 9 rings (SSSR count). The normalized spacial score (nSPS) is 11.4. The van der Waals surface area contributed by atoms with E-state index in [2.05, 4.69) is 145 Å². The molecule has 1 aromatic heterocycles. The molecule has 0 saturated heterocycles. The molecular formula is C45H29ClN2O. The number of fused-ring (bicyclic) bond motifs is 5. The summed E-state index contributed by atoms with van der Waals surface area (Å²) < 4.78 is 6.43. The van der Waals surface area contributed by atoms with Gasteiger partial charge in [-0.1, -0.05) is 127 Å². The summed E-state index contributed by atoms with van der Waals surface area (Å²) in [5, 5.41) is 8.53. The van der Waals surface area contributed by atoms with Crippen LogP contribution < -0.4 is 5.32 Å². The number of aromatic nitrogens is 1. The molecule has 0 bridgehead atoms. The van der Waals surface area contributed by atoms with E-state index in [1.807, 2.05) is 30.3 Å². The van der Waals surface area contributed by atoms with Crippen molar-refractivity contribution in [2.45, 2.75) is 0 Å². The van der Waals surface area contributed by atoms with Crippen molar-refractivity contribution in [3.8, 4) is 44.8 Å². The van der Waals surface area contributed by atoms with E-state index in [1.54, 1.807) is 0 Å². The zero-order valence-electron chi connectivity index (χ0n) is 26.4. The minimum absolute atomic E-state index is 0.602. The quantitative estimate of drug-likeness (QED) is 0.182. The van der Waals surface area contributed by atoms with E-state index in [4.69, 9.17) is 21.0 Å². The molecule has 0 aliphatic carbocycles. The molecule has 9 aromatic rings. The first-order valence-corrected chi connectivity index (χ1v) is 16.7. The van der Waals surface area contributed by atoms with Crippen LogP contribution in [0.25, 0.3) is 77.5 Å². The molecule has 232 valence electrons. The molecule has 0 radical (unpaired) electrons. The second-order valence-electron chi connectivity index (χ2n) is 12.3. The maximum Gasteiger partial charge on any atom is 0.227 e. The Hall–Kier alpha value is -6.16. The maximum atomic E-state index is 6.43. The standard InChI is InChI=1S/C45H29ClN2O/c46-38-22-16-35-12-13-36-21-27-42-44(43(36)41(35)28-38)49-45(48-42)37-14-10-32(11-15-37)30-6-8-31(9-7-30)34-19-25-40(26-20-34)47-39-23-17-33(18-24-39)29-4-2-1-3-5-29/h1-28,47H. The first-order chi connectivity index (χ1) is 24.1. The number of anilines is 2. The van der Waals surface area contributed by atoms with Crippen molar-refractivity contribution in [2.24, 2.45) is 0 Å². The van der Waals surface area contributed by atoms with E-state index in [0.29, 0.717) is 10.9 Å². The number of rotatable bonds is 6. The summed E-state index contributed by atoms with van der Waals surface area (Å²) in [6.07, 6.45) is 0. The first-order valence-electron chi connectivity index (χ1n) is 16.3. The molecule has 8 aromatic carbocycles. The highest BCUT2D eigenvalue weighted by Crippen LogP contribution is 2.36. The summed E-state index contributed by atoms with van der Waals surface area (Å²) in [4.78, 5) is 4.85. The van der Waals surface area contributed by atoms with Crippen LogP contribution in [0.15, 0.2) is 174 Å². The fourth-order valence-corrected chi connectivity index (χ4v) is 6.74. The highest BCUT2D eigenvalue weighted by Gasteiger charge is 2.14. The van der Waals surface area contributed by atoms with Crippen LogP contribution >= 0.6 is 11.6 Å². The average Bonchev–Trinajstić information content (AvgIpc) is 3.61. The minimum atomic E-state index is 0.602. The molecule has 1 heterocycles. The van der Waals surface area contributed by atoms with Gasteiger partial charge in [0.25, 0.3) is 0 Å². The topological polar surface area (TPSA) is 38.1 Å². The lowest BCUT2D eigenvalue weighted by atomic mass is 9.99. The number of hydrogen-bond donors (Lipinski definition) is 1. The van der Waals surface area contributed by atoms with Gasteiger partial charge in [0, 0.05) is 27.3 Å². The average molecular weight is 649 g/mol. The lowest BCUT2D eigenvalue weighted by Gasteiger charge is -2.10. The van der Waals surface area contributed by atoms with E-state index in [-0.39, 0.29) is 0 Å².